The molecule has 0 radical (unpaired) electrons. The van der Waals surface area contributed by atoms with Gasteiger partial charge in [-0.15, -0.1) is 0 Å². The molecule has 2 aromatic rings. The summed E-state index contributed by atoms with van der Waals surface area (Å²) in [5.41, 5.74) is 1.51. The summed E-state index contributed by atoms with van der Waals surface area (Å²) in [6.07, 6.45) is -1.34. The highest BCUT2D eigenvalue weighted by atomic mass is 19.1. The van der Waals surface area contributed by atoms with E-state index < -0.39 is 29.8 Å². The Morgan fingerprint density at radius 3 is 2.29 bits per heavy atom. The van der Waals surface area contributed by atoms with Crippen LogP contribution in [0.25, 0.3) is 0 Å². The summed E-state index contributed by atoms with van der Waals surface area (Å²) < 4.78 is 25.4. The molecule has 3 heterocycles. The van der Waals surface area contributed by atoms with Crippen molar-refractivity contribution in [3.05, 3.63) is 59.4 Å². The Morgan fingerprint density at radius 1 is 0.968 bits per heavy atom. The molecule has 31 heavy (non-hydrogen) atoms. The molecule has 0 aliphatic carbocycles. The average molecular weight is 425 g/mol. The van der Waals surface area contributed by atoms with Crippen LogP contribution >= 0.6 is 0 Å². The van der Waals surface area contributed by atoms with Crippen molar-refractivity contribution in [2.75, 3.05) is 49.2 Å². The first-order chi connectivity index (χ1) is 15.0. The van der Waals surface area contributed by atoms with Crippen molar-refractivity contribution in [2.24, 2.45) is 0 Å². The topological polar surface area (TPSA) is 79.4 Å². The molecule has 0 unspecified atom stereocenters. The Labute approximate surface area is 177 Å². The number of fused-ring (bicyclic) bond motifs is 1. The molecule has 9 heteroatoms. The zero-order valence-corrected chi connectivity index (χ0v) is 16.6. The quantitative estimate of drug-likeness (QED) is 0.700. The van der Waals surface area contributed by atoms with Gasteiger partial charge in [-0.3, -0.25) is 19.4 Å². The minimum absolute atomic E-state index is 0.0526. The van der Waals surface area contributed by atoms with Crippen molar-refractivity contribution in [1.29, 1.82) is 0 Å². The third kappa shape index (κ3) is 3.40. The predicted molar refractivity (Wildman–Crippen MR) is 109 cm³/mol. The van der Waals surface area contributed by atoms with Crippen molar-refractivity contribution < 1.29 is 28.2 Å². The van der Waals surface area contributed by atoms with E-state index in [9.17, 15) is 18.8 Å². The number of carbonyl (C=O) groups excluding carboxylic acids is 3. The van der Waals surface area contributed by atoms with Gasteiger partial charge in [0, 0.05) is 13.1 Å². The third-order valence-corrected chi connectivity index (χ3v) is 5.73. The molecule has 0 spiro atoms. The zero-order chi connectivity index (χ0) is 21.5. The number of anilines is 2. The fraction of sp³-hybridized carbons (Fsp3) is 0.318. The van der Waals surface area contributed by atoms with Crippen molar-refractivity contribution in [2.45, 2.75) is 6.10 Å². The van der Waals surface area contributed by atoms with Crippen LogP contribution in [0.2, 0.25) is 0 Å². The van der Waals surface area contributed by atoms with E-state index in [0.29, 0.717) is 48.8 Å². The number of cyclic esters (lactones) is 1. The molecule has 2 fully saturated rings. The molecular formula is C22H20FN3O5. The van der Waals surface area contributed by atoms with Crippen molar-refractivity contribution in [3.63, 3.8) is 0 Å². The number of rotatable bonds is 4. The van der Waals surface area contributed by atoms with Gasteiger partial charge in [0.05, 0.1) is 48.8 Å². The van der Waals surface area contributed by atoms with E-state index in [0.717, 1.165) is 4.90 Å². The van der Waals surface area contributed by atoms with Crippen LogP contribution in [-0.4, -0.2) is 68.3 Å². The Hall–Kier alpha value is -3.46. The van der Waals surface area contributed by atoms with Crippen LogP contribution < -0.4 is 9.80 Å². The molecule has 8 nitrogen and oxygen atoms in total. The first-order valence-electron chi connectivity index (χ1n) is 10.1. The number of benzene rings is 2. The molecule has 0 aromatic heterocycles. The van der Waals surface area contributed by atoms with E-state index in [2.05, 4.69) is 0 Å². The molecular weight excluding hydrogens is 405 g/mol. The van der Waals surface area contributed by atoms with Gasteiger partial charge in [0.15, 0.2) is 0 Å². The van der Waals surface area contributed by atoms with Gasteiger partial charge in [-0.25, -0.2) is 9.18 Å². The number of amides is 3. The molecule has 0 saturated carbocycles. The predicted octanol–water partition coefficient (Wildman–Crippen LogP) is 2.28. The van der Waals surface area contributed by atoms with Gasteiger partial charge in [0.25, 0.3) is 11.8 Å². The van der Waals surface area contributed by atoms with E-state index in [1.165, 1.54) is 11.0 Å². The van der Waals surface area contributed by atoms with Gasteiger partial charge < -0.3 is 14.4 Å². The fourth-order valence-corrected chi connectivity index (χ4v) is 4.16. The summed E-state index contributed by atoms with van der Waals surface area (Å²) in [5, 5.41) is 0. The molecule has 0 bridgehead atoms. The number of imide groups is 1. The monoisotopic (exact) mass is 425 g/mol. The van der Waals surface area contributed by atoms with Crippen LogP contribution in [0.15, 0.2) is 42.5 Å². The van der Waals surface area contributed by atoms with E-state index >= 15 is 0 Å². The molecule has 2 saturated heterocycles. The van der Waals surface area contributed by atoms with Gasteiger partial charge in [-0.2, -0.15) is 0 Å². The van der Waals surface area contributed by atoms with E-state index in [1.54, 1.807) is 36.4 Å². The van der Waals surface area contributed by atoms with E-state index in [1.807, 2.05) is 4.90 Å². The molecule has 3 aliphatic rings. The second-order valence-electron chi connectivity index (χ2n) is 7.62. The smallest absolute Gasteiger partial charge is 0.414 e. The maximum Gasteiger partial charge on any atom is 0.414 e. The lowest BCUT2D eigenvalue weighted by Gasteiger charge is -2.29. The lowest BCUT2D eigenvalue weighted by Crippen LogP contribution is -2.38. The van der Waals surface area contributed by atoms with Crippen LogP contribution in [0.4, 0.5) is 20.6 Å². The number of hydrogen-bond donors (Lipinski definition) is 0. The van der Waals surface area contributed by atoms with Gasteiger partial charge in [0.2, 0.25) is 0 Å². The molecule has 0 N–H and O–H groups in total. The highest BCUT2D eigenvalue weighted by molar-refractivity contribution is 6.21. The molecule has 160 valence electrons. The van der Waals surface area contributed by atoms with Crippen LogP contribution in [0.5, 0.6) is 0 Å². The summed E-state index contributed by atoms with van der Waals surface area (Å²) in [4.78, 5) is 41.8. The number of morpholine rings is 1. The van der Waals surface area contributed by atoms with Gasteiger partial charge in [-0.05, 0) is 30.3 Å². The average Bonchev–Trinajstić information content (AvgIpc) is 3.27. The zero-order valence-electron chi connectivity index (χ0n) is 16.6. The maximum absolute atomic E-state index is 14.7. The standard InChI is InChI=1S/C22H20FN3O5/c23-18-11-14(5-6-19(18)24-7-9-30-10-8-24)25-12-15(31-22(25)29)13-26-20(27)16-3-1-2-4-17(16)21(26)28/h1-6,11,15H,7-10,12-13H2/t15-/m0/s1. The Bertz CT molecular complexity index is 1030. The summed E-state index contributed by atoms with van der Waals surface area (Å²) in [5.74, 6) is -1.25. The highest BCUT2D eigenvalue weighted by Crippen LogP contribution is 2.29. The molecule has 1 atom stereocenters. The second-order valence-corrected chi connectivity index (χ2v) is 7.62. The fourth-order valence-electron chi connectivity index (χ4n) is 4.16. The molecule has 2 aromatic carbocycles. The summed E-state index contributed by atoms with van der Waals surface area (Å²) in [7, 11) is 0. The largest absolute Gasteiger partial charge is 0.442 e. The number of carbonyl (C=O) groups is 3. The molecule has 5 rings (SSSR count). The molecule has 3 aliphatic heterocycles. The van der Waals surface area contributed by atoms with E-state index in [4.69, 9.17) is 9.47 Å². The van der Waals surface area contributed by atoms with Crippen molar-refractivity contribution in [3.8, 4) is 0 Å². The van der Waals surface area contributed by atoms with Crippen LogP contribution in [-0.2, 0) is 9.47 Å². The Kier molecular flexibility index (Phi) is 4.82. The molecule has 3 amide bonds. The summed E-state index contributed by atoms with van der Waals surface area (Å²) in [6, 6.07) is 11.2. The summed E-state index contributed by atoms with van der Waals surface area (Å²) >= 11 is 0. The SMILES string of the molecule is O=C1c2ccccc2C(=O)N1C[C@@H]1CN(c2ccc(N3CCOCC3)c(F)c2)C(=O)O1. The van der Waals surface area contributed by atoms with Gasteiger partial charge in [-0.1, -0.05) is 12.1 Å². The van der Waals surface area contributed by atoms with Gasteiger partial charge in [0.1, 0.15) is 11.9 Å². The number of ether oxygens (including phenoxy) is 2. The minimum Gasteiger partial charge on any atom is -0.442 e. The maximum atomic E-state index is 14.7. The third-order valence-electron chi connectivity index (χ3n) is 5.73. The normalized spacial score (nSPS) is 21.0. The number of nitrogens with zero attached hydrogens (tertiary/aromatic N) is 3. The minimum atomic E-state index is -0.698. The van der Waals surface area contributed by atoms with Gasteiger partial charge >= 0.3 is 6.09 Å². The highest BCUT2D eigenvalue weighted by Gasteiger charge is 2.40. The first-order valence-corrected chi connectivity index (χ1v) is 10.1. The van der Waals surface area contributed by atoms with Crippen LogP contribution in [0.3, 0.4) is 0 Å². The second kappa shape index (κ2) is 7.66. The van der Waals surface area contributed by atoms with Crippen LogP contribution in [0, 0.1) is 5.82 Å². The van der Waals surface area contributed by atoms with Crippen LogP contribution in [0.1, 0.15) is 20.7 Å². The van der Waals surface area contributed by atoms with Crippen molar-refractivity contribution >= 4 is 29.3 Å². The lowest BCUT2D eigenvalue weighted by atomic mass is 10.1. The first kappa shape index (κ1) is 19.5. The lowest BCUT2D eigenvalue weighted by molar-refractivity contribution is 0.0558. The summed E-state index contributed by atoms with van der Waals surface area (Å²) in [6.45, 7) is 2.35. The van der Waals surface area contributed by atoms with Crippen molar-refractivity contribution in [1.82, 2.24) is 4.90 Å². The number of hydrogen-bond acceptors (Lipinski definition) is 6. The Morgan fingerprint density at radius 2 is 1.65 bits per heavy atom. The number of halogens is 1. The Balaban J connectivity index is 1.29. The van der Waals surface area contributed by atoms with E-state index in [-0.39, 0.29) is 13.1 Å².